The third-order valence-electron chi connectivity index (χ3n) is 1.74. The van der Waals surface area contributed by atoms with Gasteiger partial charge < -0.3 is 15.2 Å². The smallest absolute Gasteiger partial charge is 0.331 e. The topological polar surface area (TPSA) is 124 Å². The van der Waals surface area contributed by atoms with Crippen LogP contribution in [-0.2, 0) is 9.53 Å². The van der Waals surface area contributed by atoms with E-state index < -0.39 is 11.9 Å². The molecule has 0 radical (unpaired) electrons. The zero-order valence-electron chi connectivity index (χ0n) is 9.38. The van der Waals surface area contributed by atoms with E-state index in [1.165, 1.54) is 7.11 Å². The molecule has 0 aliphatic rings. The number of carbonyl (C=O) groups is 1. The number of aromatic nitrogens is 3. The molecule has 17 heavy (non-hydrogen) atoms. The molecule has 0 bridgehead atoms. The normalized spacial score (nSPS) is 11.4. The van der Waals surface area contributed by atoms with Gasteiger partial charge in [-0.25, -0.2) is 0 Å². The molecule has 1 aromatic rings. The summed E-state index contributed by atoms with van der Waals surface area (Å²) in [6, 6.07) is 1.68. The third kappa shape index (κ3) is 3.01. The predicted octanol–water partition coefficient (Wildman–Crippen LogP) is -0.367. The maximum absolute atomic E-state index is 11.5. The molecule has 0 aliphatic heterocycles. The van der Waals surface area contributed by atoms with Crippen molar-refractivity contribution in [1.29, 1.82) is 5.26 Å². The molecule has 0 aliphatic carbocycles. The summed E-state index contributed by atoms with van der Waals surface area (Å²) >= 11 is 0. The first-order valence-corrected chi connectivity index (χ1v) is 4.74. The van der Waals surface area contributed by atoms with Crippen LogP contribution in [0.1, 0.15) is 18.7 Å². The highest BCUT2D eigenvalue weighted by Gasteiger charge is 2.26. The number of ether oxygens (including phenoxy) is 2. The zero-order valence-corrected chi connectivity index (χ0v) is 9.38. The number of esters is 1. The highest BCUT2D eigenvalue weighted by atomic mass is 16.5. The fraction of sp³-hybridized carbons (Fsp3) is 0.444. The largest absolute Gasteiger partial charge is 0.467 e. The van der Waals surface area contributed by atoms with E-state index in [0.717, 1.165) is 0 Å². The first kappa shape index (κ1) is 12.6. The lowest BCUT2D eigenvalue weighted by Crippen LogP contribution is -2.18. The molecule has 8 nitrogen and oxygen atoms in total. The molecular weight excluding hydrogens is 226 g/mol. The van der Waals surface area contributed by atoms with Crippen molar-refractivity contribution in [2.24, 2.45) is 0 Å². The summed E-state index contributed by atoms with van der Waals surface area (Å²) < 4.78 is 9.49. The zero-order chi connectivity index (χ0) is 12.8. The van der Waals surface area contributed by atoms with Crippen molar-refractivity contribution in [3.63, 3.8) is 0 Å². The van der Waals surface area contributed by atoms with Crippen LogP contribution in [0.25, 0.3) is 0 Å². The number of nitrogens with zero attached hydrogens (tertiary/aromatic N) is 4. The average Bonchev–Trinajstić information content (AvgIpc) is 2.29. The van der Waals surface area contributed by atoms with Crippen LogP contribution in [0, 0.1) is 11.3 Å². The lowest BCUT2D eigenvalue weighted by molar-refractivity contribution is -0.143. The minimum absolute atomic E-state index is 0.0583. The second-order valence-corrected chi connectivity index (χ2v) is 2.85. The van der Waals surface area contributed by atoms with Crippen molar-refractivity contribution in [1.82, 2.24) is 15.0 Å². The van der Waals surface area contributed by atoms with Crippen LogP contribution in [0.15, 0.2) is 0 Å². The van der Waals surface area contributed by atoms with E-state index in [1.807, 2.05) is 0 Å². The predicted molar refractivity (Wildman–Crippen MR) is 55.8 cm³/mol. The average molecular weight is 237 g/mol. The molecule has 1 heterocycles. The Kier molecular flexibility index (Phi) is 4.16. The van der Waals surface area contributed by atoms with Gasteiger partial charge in [0.25, 0.3) is 0 Å². The molecule has 1 unspecified atom stereocenters. The number of hydrogen-bond donors (Lipinski definition) is 1. The molecule has 1 rings (SSSR count). The van der Waals surface area contributed by atoms with Gasteiger partial charge in [-0.3, -0.25) is 4.79 Å². The van der Waals surface area contributed by atoms with E-state index in [1.54, 1.807) is 13.0 Å². The number of anilines is 1. The number of nitrogens with two attached hydrogens (primary N) is 1. The van der Waals surface area contributed by atoms with Crippen LogP contribution in [0.4, 0.5) is 5.95 Å². The Bertz CT molecular complexity index is 456. The molecule has 0 saturated carbocycles. The Morgan fingerprint density at radius 3 is 2.76 bits per heavy atom. The number of nitriles is 1. The van der Waals surface area contributed by atoms with Gasteiger partial charge in [0.2, 0.25) is 11.9 Å². The lowest BCUT2D eigenvalue weighted by atomic mass is 10.1. The van der Waals surface area contributed by atoms with Crippen molar-refractivity contribution in [2.45, 2.75) is 12.8 Å². The summed E-state index contributed by atoms with van der Waals surface area (Å²) in [4.78, 5) is 22.6. The van der Waals surface area contributed by atoms with Crippen molar-refractivity contribution in [3.05, 3.63) is 5.82 Å². The minimum Gasteiger partial charge on any atom is -0.467 e. The van der Waals surface area contributed by atoms with E-state index in [-0.39, 0.29) is 24.4 Å². The van der Waals surface area contributed by atoms with Gasteiger partial charge in [-0.15, -0.1) is 0 Å². The summed E-state index contributed by atoms with van der Waals surface area (Å²) in [7, 11) is 1.34. The third-order valence-corrected chi connectivity index (χ3v) is 1.74. The van der Waals surface area contributed by atoms with E-state index in [4.69, 9.17) is 20.5 Å². The summed E-state index contributed by atoms with van der Waals surface area (Å²) in [5.41, 5.74) is 5.40. The second kappa shape index (κ2) is 5.60. The summed E-state index contributed by atoms with van der Waals surface area (Å²) in [6.45, 7) is 1.80. The second-order valence-electron chi connectivity index (χ2n) is 2.85. The quantitative estimate of drug-likeness (QED) is 0.703. The van der Waals surface area contributed by atoms with Gasteiger partial charge in [-0.05, 0) is 6.92 Å². The molecule has 8 heteroatoms. The monoisotopic (exact) mass is 237 g/mol. The van der Waals surface area contributed by atoms with Crippen LogP contribution in [0.2, 0.25) is 0 Å². The van der Waals surface area contributed by atoms with Crippen molar-refractivity contribution < 1.29 is 14.3 Å². The number of methoxy groups -OCH3 is 1. The first-order valence-electron chi connectivity index (χ1n) is 4.74. The molecule has 2 N–H and O–H groups in total. The Hall–Kier alpha value is -2.43. The van der Waals surface area contributed by atoms with E-state index >= 15 is 0 Å². The van der Waals surface area contributed by atoms with Crippen LogP contribution in [-0.4, -0.2) is 34.6 Å². The summed E-state index contributed by atoms with van der Waals surface area (Å²) in [5.74, 6) is -2.19. The van der Waals surface area contributed by atoms with Crippen LogP contribution in [0.5, 0.6) is 6.01 Å². The van der Waals surface area contributed by atoms with E-state index in [2.05, 4.69) is 15.0 Å². The van der Waals surface area contributed by atoms with Gasteiger partial charge in [0.15, 0.2) is 5.82 Å². The van der Waals surface area contributed by atoms with Crippen LogP contribution in [0.3, 0.4) is 0 Å². The molecule has 1 atom stereocenters. The highest BCUT2D eigenvalue weighted by Crippen LogP contribution is 2.15. The van der Waals surface area contributed by atoms with E-state index in [9.17, 15) is 4.79 Å². The summed E-state index contributed by atoms with van der Waals surface area (Å²) in [5, 5.41) is 8.90. The maximum Gasteiger partial charge on any atom is 0.331 e. The Morgan fingerprint density at radius 1 is 1.53 bits per heavy atom. The number of nitrogen functional groups attached to an aromatic ring is 1. The van der Waals surface area contributed by atoms with Gasteiger partial charge in [0.05, 0.1) is 19.8 Å². The Balaban J connectivity index is 3.08. The van der Waals surface area contributed by atoms with Crippen LogP contribution < -0.4 is 10.5 Å². The van der Waals surface area contributed by atoms with Gasteiger partial charge in [-0.2, -0.15) is 20.2 Å². The number of hydrogen-bond acceptors (Lipinski definition) is 8. The fourth-order valence-electron chi connectivity index (χ4n) is 1.05. The van der Waals surface area contributed by atoms with Crippen molar-refractivity contribution in [3.8, 4) is 12.1 Å². The van der Waals surface area contributed by atoms with E-state index in [0.29, 0.717) is 0 Å². The Morgan fingerprint density at radius 2 is 2.24 bits per heavy atom. The minimum atomic E-state index is -1.24. The molecule has 0 amide bonds. The van der Waals surface area contributed by atoms with Crippen LogP contribution >= 0.6 is 0 Å². The van der Waals surface area contributed by atoms with Crippen molar-refractivity contribution >= 4 is 11.9 Å². The lowest BCUT2D eigenvalue weighted by Gasteiger charge is -2.08. The van der Waals surface area contributed by atoms with Gasteiger partial charge in [-0.1, -0.05) is 0 Å². The molecule has 0 aromatic carbocycles. The van der Waals surface area contributed by atoms with Gasteiger partial charge in [0.1, 0.15) is 0 Å². The maximum atomic E-state index is 11.5. The molecule has 90 valence electrons. The molecule has 0 fully saturated rings. The fourth-order valence-corrected chi connectivity index (χ4v) is 1.05. The highest BCUT2D eigenvalue weighted by molar-refractivity contribution is 5.80. The number of carbonyl (C=O) groups excluding carboxylic acids is 1. The summed E-state index contributed by atoms with van der Waals surface area (Å²) in [6.07, 6.45) is 0. The van der Waals surface area contributed by atoms with Crippen molar-refractivity contribution in [2.75, 3.05) is 19.5 Å². The number of rotatable bonds is 4. The first-order chi connectivity index (χ1) is 8.12. The molecular formula is C9H11N5O3. The van der Waals surface area contributed by atoms with Gasteiger partial charge in [0, 0.05) is 0 Å². The SMILES string of the molecule is CCOC(=O)C(C#N)c1nc(N)nc(OC)n1. The van der Waals surface area contributed by atoms with Gasteiger partial charge >= 0.3 is 12.0 Å². The standard InChI is InChI=1S/C9H11N5O3/c1-3-17-7(15)5(4-10)6-12-8(11)14-9(13-6)16-2/h5H,3H2,1-2H3,(H2,11,12,13,14). The Labute approximate surface area is 97.4 Å². The molecule has 0 spiro atoms. The molecule has 1 aromatic heterocycles. The molecule has 0 saturated heterocycles.